The summed E-state index contributed by atoms with van der Waals surface area (Å²) >= 11 is 0. The van der Waals surface area contributed by atoms with E-state index in [1.165, 1.54) is 0 Å². The van der Waals surface area contributed by atoms with Crippen LogP contribution in [0.25, 0.3) is 0 Å². The van der Waals surface area contributed by atoms with E-state index in [0.717, 1.165) is 12.8 Å². The third-order valence-electron chi connectivity index (χ3n) is 2.59. The van der Waals surface area contributed by atoms with Crippen molar-refractivity contribution in [2.24, 2.45) is 0 Å². The maximum atomic E-state index is 11.5. The topological polar surface area (TPSA) is 116 Å². The summed E-state index contributed by atoms with van der Waals surface area (Å²) in [5.41, 5.74) is 0. The molecular weight excluding hydrogens is 240 g/mol. The Morgan fingerprint density at radius 2 is 1.83 bits per heavy atom. The SMILES string of the molecule is O=C(O)CCC(NC(=O)NC1CC=CC1)C(=O)O. The molecule has 7 heteroatoms. The molecule has 1 unspecified atom stereocenters. The molecule has 0 heterocycles. The van der Waals surface area contributed by atoms with Gasteiger partial charge in [-0.3, -0.25) is 4.79 Å². The van der Waals surface area contributed by atoms with Crippen LogP contribution in [0.4, 0.5) is 4.79 Å². The van der Waals surface area contributed by atoms with Gasteiger partial charge >= 0.3 is 18.0 Å². The molecule has 0 fully saturated rings. The number of carboxylic acid groups (broad SMARTS) is 2. The van der Waals surface area contributed by atoms with Crippen molar-refractivity contribution in [3.05, 3.63) is 12.2 Å². The largest absolute Gasteiger partial charge is 0.481 e. The number of carbonyl (C=O) groups excluding carboxylic acids is 1. The second-order valence-corrected chi connectivity index (χ2v) is 4.08. The van der Waals surface area contributed by atoms with Crippen LogP contribution >= 0.6 is 0 Å². The van der Waals surface area contributed by atoms with Crippen molar-refractivity contribution in [3.8, 4) is 0 Å². The highest BCUT2D eigenvalue weighted by Gasteiger charge is 2.22. The molecule has 0 bridgehead atoms. The van der Waals surface area contributed by atoms with E-state index < -0.39 is 24.0 Å². The predicted molar refractivity (Wildman–Crippen MR) is 62.1 cm³/mol. The number of hydrogen-bond acceptors (Lipinski definition) is 3. The number of urea groups is 1. The van der Waals surface area contributed by atoms with Crippen molar-refractivity contribution in [1.82, 2.24) is 10.6 Å². The Balaban J connectivity index is 2.37. The van der Waals surface area contributed by atoms with Gasteiger partial charge in [-0.05, 0) is 19.3 Å². The number of aliphatic carboxylic acids is 2. The maximum Gasteiger partial charge on any atom is 0.326 e. The van der Waals surface area contributed by atoms with E-state index in [0.29, 0.717) is 0 Å². The lowest BCUT2D eigenvalue weighted by atomic mass is 10.1. The summed E-state index contributed by atoms with van der Waals surface area (Å²) in [5, 5.41) is 22.2. The van der Waals surface area contributed by atoms with Gasteiger partial charge in [0.05, 0.1) is 0 Å². The van der Waals surface area contributed by atoms with Crippen molar-refractivity contribution in [3.63, 3.8) is 0 Å². The third-order valence-corrected chi connectivity index (χ3v) is 2.59. The zero-order chi connectivity index (χ0) is 13.5. The van der Waals surface area contributed by atoms with Gasteiger partial charge in [0.25, 0.3) is 0 Å². The molecule has 1 aliphatic rings. The zero-order valence-electron chi connectivity index (χ0n) is 9.76. The van der Waals surface area contributed by atoms with Gasteiger partial charge in [-0.25, -0.2) is 9.59 Å². The molecule has 100 valence electrons. The lowest BCUT2D eigenvalue weighted by Gasteiger charge is -2.17. The van der Waals surface area contributed by atoms with Crippen LogP contribution < -0.4 is 10.6 Å². The van der Waals surface area contributed by atoms with Crippen LogP contribution in [0.1, 0.15) is 25.7 Å². The Hall–Kier alpha value is -2.05. The highest BCUT2D eigenvalue weighted by Crippen LogP contribution is 2.08. The van der Waals surface area contributed by atoms with Crippen molar-refractivity contribution >= 4 is 18.0 Å². The lowest BCUT2D eigenvalue weighted by molar-refractivity contribution is -0.140. The predicted octanol–water partition coefficient (Wildman–Crippen LogP) is 0.322. The molecule has 4 N–H and O–H groups in total. The first kappa shape index (κ1) is 14.0. The first-order valence-electron chi connectivity index (χ1n) is 5.65. The molecule has 1 rings (SSSR count). The van der Waals surface area contributed by atoms with E-state index in [-0.39, 0.29) is 18.9 Å². The minimum atomic E-state index is -1.24. The van der Waals surface area contributed by atoms with Gasteiger partial charge in [-0.15, -0.1) is 0 Å². The Bertz CT molecular complexity index is 358. The second-order valence-electron chi connectivity index (χ2n) is 4.08. The van der Waals surface area contributed by atoms with Crippen molar-refractivity contribution < 1.29 is 24.6 Å². The standard InChI is InChI=1S/C11H16N2O5/c14-9(15)6-5-8(10(16)17)13-11(18)12-7-3-1-2-4-7/h1-2,7-8H,3-6H2,(H,14,15)(H,16,17)(H2,12,13,18). The Labute approximate surface area is 104 Å². The van der Waals surface area contributed by atoms with Crippen LogP contribution in [-0.4, -0.2) is 40.3 Å². The highest BCUT2D eigenvalue weighted by atomic mass is 16.4. The minimum absolute atomic E-state index is 0.0149. The minimum Gasteiger partial charge on any atom is -0.481 e. The van der Waals surface area contributed by atoms with Crippen molar-refractivity contribution in [2.75, 3.05) is 0 Å². The number of hydrogen-bond donors (Lipinski definition) is 4. The third kappa shape index (κ3) is 4.86. The fourth-order valence-corrected chi connectivity index (χ4v) is 1.65. The smallest absolute Gasteiger partial charge is 0.326 e. The van der Waals surface area contributed by atoms with Gasteiger partial charge < -0.3 is 20.8 Å². The Kier molecular flexibility index (Phi) is 5.16. The van der Waals surface area contributed by atoms with E-state index in [1.54, 1.807) is 0 Å². The summed E-state index contributed by atoms with van der Waals surface area (Å²) in [5.74, 6) is -2.33. The summed E-state index contributed by atoms with van der Waals surface area (Å²) in [6, 6.07) is -1.78. The van der Waals surface area contributed by atoms with Gasteiger partial charge in [-0.1, -0.05) is 12.2 Å². The number of carbonyl (C=O) groups is 3. The molecule has 0 saturated carbocycles. The summed E-state index contributed by atoms with van der Waals surface area (Å²) in [7, 11) is 0. The van der Waals surface area contributed by atoms with Crippen LogP contribution in [0.3, 0.4) is 0 Å². The lowest BCUT2D eigenvalue weighted by Crippen LogP contribution is -2.48. The van der Waals surface area contributed by atoms with Gasteiger partial charge in [0.2, 0.25) is 0 Å². The molecular formula is C11H16N2O5. The molecule has 0 aromatic heterocycles. The monoisotopic (exact) mass is 256 g/mol. The molecule has 0 saturated heterocycles. The molecule has 0 aliphatic heterocycles. The Morgan fingerprint density at radius 3 is 2.33 bits per heavy atom. The van der Waals surface area contributed by atoms with E-state index in [2.05, 4.69) is 10.6 Å². The fraction of sp³-hybridized carbons (Fsp3) is 0.545. The summed E-state index contributed by atoms with van der Waals surface area (Å²) in [6.45, 7) is 0. The van der Waals surface area contributed by atoms with Crippen LogP contribution in [0.15, 0.2) is 12.2 Å². The van der Waals surface area contributed by atoms with Crippen molar-refractivity contribution in [2.45, 2.75) is 37.8 Å². The number of carboxylic acids is 2. The molecule has 1 aliphatic carbocycles. The van der Waals surface area contributed by atoms with Crippen molar-refractivity contribution in [1.29, 1.82) is 0 Å². The first-order chi connectivity index (χ1) is 8.49. The average molecular weight is 256 g/mol. The molecule has 18 heavy (non-hydrogen) atoms. The quantitative estimate of drug-likeness (QED) is 0.511. The summed E-state index contributed by atoms with van der Waals surface area (Å²) in [6.07, 6.45) is 4.87. The van der Waals surface area contributed by atoms with Crippen LogP contribution in [0.2, 0.25) is 0 Å². The normalized spacial score (nSPS) is 16.2. The van der Waals surface area contributed by atoms with Crippen LogP contribution in [0, 0.1) is 0 Å². The molecule has 1 atom stereocenters. The number of rotatable bonds is 6. The van der Waals surface area contributed by atoms with Crippen LogP contribution in [-0.2, 0) is 9.59 Å². The van der Waals surface area contributed by atoms with E-state index in [1.807, 2.05) is 12.2 Å². The van der Waals surface area contributed by atoms with E-state index >= 15 is 0 Å². The molecule has 0 spiro atoms. The van der Waals surface area contributed by atoms with Gasteiger partial charge in [0, 0.05) is 12.5 Å². The van der Waals surface area contributed by atoms with Crippen LogP contribution in [0.5, 0.6) is 0 Å². The Morgan fingerprint density at radius 1 is 1.22 bits per heavy atom. The molecule has 7 nitrogen and oxygen atoms in total. The molecule has 0 radical (unpaired) electrons. The van der Waals surface area contributed by atoms with Gasteiger partial charge in [0.15, 0.2) is 0 Å². The van der Waals surface area contributed by atoms with E-state index in [4.69, 9.17) is 10.2 Å². The summed E-state index contributed by atoms with van der Waals surface area (Å²) < 4.78 is 0. The van der Waals surface area contributed by atoms with Gasteiger partial charge in [-0.2, -0.15) is 0 Å². The van der Waals surface area contributed by atoms with Gasteiger partial charge in [0.1, 0.15) is 6.04 Å². The fourth-order valence-electron chi connectivity index (χ4n) is 1.65. The summed E-state index contributed by atoms with van der Waals surface area (Å²) in [4.78, 5) is 32.7. The molecule has 2 amide bonds. The molecule has 0 aromatic rings. The second kappa shape index (κ2) is 6.63. The highest BCUT2D eigenvalue weighted by molar-refractivity contribution is 5.83. The first-order valence-corrected chi connectivity index (χ1v) is 5.65. The number of nitrogens with one attached hydrogen (secondary N) is 2. The molecule has 0 aromatic carbocycles. The van der Waals surface area contributed by atoms with E-state index in [9.17, 15) is 14.4 Å². The number of amides is 2. The average Bonchev–Trinajstić information content (AvgIpc) is 2.76. The zero-order valence-corrected chi connectivity index (χ0v) is 9.76. The maximum absolute atomic E-state index is 11.5.